The van der Waals surface area contributed by atoms with Gasteiger partial charge in [-0.15, -0.1) is 0 Å². The lowest BCUT2D eigenvalue weighted by Gasteiger charge is -2.34. The van der Waals surface area contributed by atoms with Crippen LogP contribution in [0.2, 0.25) is 0 Å². The molecule has 1 amide bonds. The van der Waals surface area contributed by atoms with Crippen LogP contribution in [0.5, 0.6) is 0 Å². The highest BCUT2D eigenvalue weighted by Gasteiger charge is 2.24. The summed E-state index contributed by atoms with van der Waals surface area (Å²) >= 11 is 6.82. The smallest absolute Gasteiger partial charge is 0.238 e. The van der Waals surface area contributed by atoms with Crippen LogP contribution in [0.15, 0.2) is 12.1 Å². The molecular formula is C14H18I3N3O. The maximum atomic E-state index is 12.3. The summed E-state index contributed by atoms with van der Waals surface area (Å²) in [5.74, 6) is 0.500. The number of piperidine rings is 1. The predicted molar refractivity (Wildman–Crippen MR) is 111 cm³/mol. The van der Waals surface area contributed by atoms with Gasteiger partial charge in [0.05, 0.1) is 12.2 Å². The Kier molecular flexibility index (Phi) is 6.97. The Balaban J connectivity index is 1.96. The number of halogens is 3. The maximum Gasteiger partial charge on any atom is 0.238 e. The largest absolute Gasteiger partial charge is 0.327 e. The number of amides is 1. The number of hydrogen-bond donors (Lipinski definition) is 2. The molecule has 2 atom stereocenters. The molecule has 4 nitrogen and oxygen atoms in total. The molecule has 21 heavy (non-hydrogen) atoms. The molecule has 0 aliphatic carbocycles. The van der Waals surface area contributed by atoms with Crippen molar-refractivity contribution < 1.29 is 4.79 Å². The summed E-state index contributed by atoms with van der Waals surface area (Å²) in [5.41, 5.74) is 6.94. The summed E-state index contributed by atoms with van der Waals surface area (Å²) in [4.78, 5) is 14.5. The summed E-state index contributed by atoms with van der Waals surface area (Å²) < 4.78 is 3.33. The van der Waals surface area contributed by atoms with Gasteiger partial charge in [-0.25, -0.2) is 0 Å². The minimum atomic E-state index is 0.0507. The molecule has 1 saturated heterocycles. The van der Waals surface area contributed by atoms with E-state index in [1.807, 2.05) is 0 Å². The standard InChI is InChI=1S/C14H18I3N3O/c1-8-6-20(3-2-12(8)18)7-13(21)19-14-10(16)4-9(15)5-11(14)17/h4-5,8,12H,2-3,6-7,18H2,1H3,(H,19,21). The summed E-state index contributed by atoms with van der Waals surface area (Å²) in [6.07, 6.45) is 0.965. The normalized spacial score (nSPS) is 23.1. The van der Waals surface area contributed by atoms with Gasteiger partial charge in [-0.3, -0.25) is 9.69 Å². The molecule has 1 aromatic carbocycles. The molecule has 1 aliphatic heterocycles. The average molecular weight is 625 g/mol. The predicted octanol–water partition coefficient (Wildman–Crippen LogP) is 3.11. The highest BCUT2D eigenvalue weighted by atomic mass is 127. The minimum absolute atomic E-state index is 0.0507. The van der Waals surface area contributed by atoms with Crippen LogP contribution in [0.4, 0.5) is 5.69 Å². The van der Waals surface area contributed by atoms with E-state index in [1.165, 1.54) is 3.57 Å². The Bertz CT molecular complexity index is 515. The van der Waals surface area contributed by atoms with Gasteiger partial charge in [-0.1, -0.05) is 6.92 Å². The van der Waals surface area contributed by atoms with Gasteiger partial charge in [0.25, 0.3) is 0 Å². The molecule has 7 heteroatoms. The molecule has 2 rings (SSSR count). The number of carbonyl (C=O) groups excluding carboxylic acids is 1. The lowest BCUT2D eigenvalue weighted by Crippen LogP contribution is -2.48. The number of rotatable bonds is 3. The zero-order valence-corrected chi connectivity index (χ0v) is 18.2. The third-order valence-electron chi connectivity index (χ3n) is 3.69. The fraction of sp³-hybridized carbons (Fsp3) is 0.500. The Labute approximate surface area is 166 Å². The summed E-state index contributed by atoms with van der Waals surface area (Å²) in [6.45, 7) is 4.39. The van der Waals surface area contributed by atoms with Crippen molar-refractivity contribution in [2.24, 2.45) is 11.7 Å². The summed E-state index contributed by atoms with van der Waals surface area (Å²) in [6, 6.07) is 4.41. The van der Waals surface area contributed by atoms with E-state index in [-0.39, 0.29) is 11.9 Å². The summed E-state index contributed by atoms with van der Waals surface area (Å²) in [7, 11) is 0. The number of benzene rings is 1. The lowest BCUT2D eigenvalue weighted by molar-refractivity contribution is -0.117. The second kappa shape index (κ2) is 8.06. The fourth-order valence-corrected chi connectivity index (χ4v) is 6.29. The number of likely N-dealkylation sites (tertiary alicyclic amines) is 1. The van der Waals surface area contributed by atoms with Gasteiger partial charge in [0.1, 0.15) is 0 Å². The van der Waals surface area contributed by atoms with E-state index < -0.39 is 0 Å². The molecule has 0 aromatic heterocycles. The quantitative estimate of drug-likeness (QED) is 0.509. The second-order valence-electron chi connectivity index (χ2n) is 5.46. The molecule has 1 aromatic rings. The molecule has 0 radical (unpaired) electrons. The van der Waals surface area contributed by atoms with E-state index in [2.05, 4.69) is 97.0 Å². The first kappa shape index (κ1) is 18.1. The van der Waals surface area contributed by atoms with Gasteiger partial charge in [0.15, 0.2) is 0 Å². The lowest BCUT2D eigenvalue weighted by atomic mass is 9.95. The Morgan fingerprint density at radius 3 is 2.57 bits per heavy atom. The van der Waals surface area contributed by atoms with Crippen LogP contribution in [0.3, 0.4) is 0 Å². The first-order chi connectivity index (χ1) is 9.86. The van der Waals surface area contributed by atoms with Crippen molar-refractivity contribution in [1.82, 2.24) is 4.90 Å². The monoisotopic (exact) mass is 625 g/mol. The van der Waals surface area contributed by atoms with Crippen molar-refractivity contribution >= 4 is 79.4 Å². The molecule has 0 spiro atoms. The second-order valence-corrected chi connectivity index (χ2v) is 9.03. The van der Waals surface area contributed by atoms with Crippen LogP contribution in [0.25, 0.3) is 0 Å². The van der Waals surface area contributed by atoms with Crippen LogP contribution >= 0.6 is 67.8 Å². The zero-order chi connectivity index (χ0) is 15.6. The van der Waals surface area contributed by atoms with Gasteiger partial charge in [0, 0.05) is 29.8 Å². The number of carbonyl (C=O) groups is 1. The van der Waals surface area contributed by atoms with Crippen molar-refractivity contribution in [3.05, 3.63) is 22.8 Å². The van der Waals surface area contributed by atoms with Crippen molar-refractivity contribution in [2.45, 2.75) is 19.4 Å². The Morgan fingerprint density at radius 1 is 1.38 bits per heavy atom. The third kappa shape index (κ3) is 5.15. The Hall–Kier alpha value is 0.800. The minimum Gasteiger partial charge on any atom is -0.327 e. The average Bonchev–Trinajstić information content (AvgIpc) is 2.38. The topological polar surface area (TPSA) is 58.4 Å². The molecule has 1 fully saturated rings. The van der Waals surface area contributed by atoms with Gasteiger partial charge in [-0.2, -0.15) is 0 Å². The SMILES string of the molecule is CC1CN(CC(=O)Nc2c(I)cc(I)cc2I)CCC1N. The molecule has 3 N–H and O–H groups in total. The Morgan fingerprint density at radius 2 is 2.00 bits per heavy atom. The fourth-order valence-electron chi connectivity index (χ4n) is 2.44. The van der Waals surface area contributed by atoms with Gasteiger partial charge < -0.3 is 11.1 Å². The van der Waals surface area contributed by atoms with Crippen LogP contribution in [-0.4, -0.2) is 36.5 Å². The van der Waals surface area contributed by atoms with E-state index in [1.54, 1.807) is 0 Å². The van der Waals surface area contributed by atoms with E-state index >= 15 is 0 Å². The first-order valence-electron chi connectivity index (χ1n) is 6.79. The number of nitrogens with zero attached hydrogens (tertiary/aromatic N) is 1. The summed E-state index contributed by atoms with van der Waals surface area (Å²) in [5, 5.41) is 3.05. The van der Waals surface area contributed by atoms with Gasteiger partial charge >= 0.3 is 0 Å². The first-order valence-corrected chi connectivity index (χ1v) is 10.0. The third-order valence-corrected chi connectivity index (χ3v) is 6.02. The number of hydrogen-bond acceptors (Lipinski definition) is 3. The maximum absolute atomic E-state index is 12.3. The van der Waals surface area contributed by atoms with Gasteiger partial charge in [0.2, 0.25) is 5.91 Å². The van der Waals surface area contributed by atoms with E-state index in [0.717, 1.165) is 32.3 Å². The zero-order valence-electron chi connectivity index (χ0n) is 11.7. The van der Waals surface area contributed by atoms with Crippen LogP contribution in [-0.2, 0) is 4.79 Å². The molecule has 2 unspecified atom stereocenters. The number of nitrogens with two attached hydrogens (primary N) is 1. The van der Waals surface area contributed by atoms with E-state index in [0.29, 0.717) is 12.5 Å². The van der Waals surface area contributed by atoms with E-state index in [9.17, 15) is 4.79 Å². The van der Waals surface area contributed by atoms with Crippen molar-refractivity contribution in [2.75, 3.05) is 25.0 Å². The molecule has 1 aliphatic rings. The molecule has 0 saturated carbocycles. The van der Waals surface area contributed by atoms with Crippen LogP contribution in [0, 0.1) is 16.6 Å². The number of anilines is 1. The highest BCUT2D eigenvalue weighted by molar-refractivity contribution is 14.1. The van der Waals surface area contributed by atoms with Gasteiger partial charge in [-0.05, 0) is 92.2 Å². The van der Waals surface area contributed by atoms with Crippen LogP contribution in [0.1, 0.15) is 13.3 Å². The van der Waals surface area contributed by atoms with Crippen molar-refractivity contribution in [3.63, 3.8) is 0 Å². The molecular weight excluding hydrogens is 607 g/mol. The molecule has 0 bridgehead atoms. The van der Waals surface area contributed by atoms with Crippen LogP contribution < -0.4 is 11.1 Å². The number of nitrogens with one attached hydrogen (secondary N) is 1. The van der Waals surface area contributed by atoms with Crippen molar-refractivity contribution in [1.29, 1.82) is 0 Å². The van der Waals surface area contributed by atoms with Crippen molar-refractivity contribution in [3.8, 4) is 0 Å². The molecule has 1 heterocycles. The highest BCUT2D eigenvalue weighted by Crippen LogP contribution is 2.27. The molecule has 116 valence electrons. The van der Waals surface area contributed by atoms with E-state index in [4.69, 9.17) is 5.73 Å².